The summed E-state index contributed by atoms with van der Waals surface area (Å²) in [5.41, 5.74) is 1.82. The zero-order chi connectivity index (χ0) is 25.2. The second-order valence-corrected chi connectivity index (χ2v) is 10.1. The molecular formula is C24H22ClFN4O4S. The molecule has 182 valence electrons. The van der Waals surface area contributed by atoms with Crippen molar-refractivity contribution >= 4 is 50.7 Å². The first-order valence-electron chi connectivity index (χ1n) is 10.7. The average Bonchev–Trinajstić information content (AvgIpc) is 2.80. The number of aryl methyl sites for hydroxylation is 1. The van der Waals surface area contributed by atoms with Crippen LogP contribution in [0.2, 0.25) is 5.02 Å². The number of carbonyl (C=O) groups excluding carboxylic acids is 2. The van der Waals surface area contributed by atoms with Crippen LogP contribution in [0.25, 0.3) is 0 Å². The van der Waals surface area contributed by atoms with Gasteiger partial charge in [-0.25, -0.2) is 4.39 Å². The van der Waals surface area contributed by atoms with E-state index in [1.165, 1.54) is 18.2 Å². The van der Waals surface area contributed by atoms with Crippen LogP contribution in [-0.4, -0.2) is 33.3 Å². The molecule has 35 heavy (non-hydrogen) atoms. The molecule has 11 heteroatoms. The highest BCUT2D eigenvalue weighted by Crippen LogP contribution is 2.25. The zero-order valence-corrected chi connectivity index (χ0v) is 20.2. The third-order valence-corrected chi connectivity index (χ3v) is 7.21. The third kappa shape index (κ3) is 5.61. The first-order chi connectivity index (χ1) is 16.6. The minimum Gasteiger partial charge on any atom is -0.322 e. The molecule has 0 spiro atoms. The van der Waals surface area contributed by atoms with Crippen LogP contribution in [-0.2, 0) is 10.2 Å². The van der Waals surface area contributed by atoms with Crippen LogP contribution >= 0.6 is 11.6 Å². The fourth-order valence-corrected chi connectivity index (χ4v) is 5.10. The fraction of sp³-hybridized carbons (Fsp3) is 0.167. The molecule has 3 N–H and O–H groups in total. The lowest BCUT2D eigenvalue weighted by Gasteiger charge is -2.28. The second-order valence-electron chi connectivity index (χ2n) is 7.94. The van der Waals surface area contributed by atoms with E-state index < -0.39 is 21.9 Å². The maximum Gasteiger partial charge on any atom is 0.301 e. The lowest BCUT2D eigenvalue weighted by Crippen LogP contribution is -2.47. The molecule has 2 amide bonds. The number of benzene rings is 3. The third-order valence-electron chi connectivity index (χ3n) is 5.43. The predicted molar refractivity (Wildman–Crippen MR) is 134 cm³/mol. The molecule has 4 rings (SSSR count). The molecule has 1 heterocycles. The largest absolute Gasteiger partial charge is 0.322 e. The number of nitrogens with one attached hydrogen (secondary N) is 3. The van der Waals surface area contributed by atoms with Crippen molar-refractivity contribution in [1.29, 1.82) is 0 Å². The topological polar surface area (TPSA) is 108 Å². The van der Waals surface area contributed by atoms with Crippen LogP contribution in [0.1, 0.15) is 32.7 Å². The molecule has 0 unspecified atom stereocenters. The summed E-state index contributed by atoms with van der Waals surface area (Å²) in [6.07, 6.45) is 0.576. The standard InChI is InChI=1S/C24H22ClFN4O4S/c1-15-6-7-18(13-22(15)29-23(31)16-4-2-5-17(25)12-16)28-24(32)20-9-8-19(14-21(20)26)30-11-3-10-27-35(30,33)34/h2,4-9,12-14,27H,3,10-11H2,1H3,(H,28,32)(H,29,31). The summed E-state index contributed by atoms with van der Waals surface area (Å²) in [6.45, 7) is 2.33. The van der Waals surface area contributed by atoms with E-state index in [2.05, 4.69) is 15.4 Å². The second kappa shape index (κ2) is 10.0. The van der Waals surface area contributed by atoms with E-state index in [9.17, 15) is 22.4 Å². The van der Waals surface area contributed by atoms with Crippen molar-refractivity contribution in [2.24, 2.45) is 0 Å². The molecular weight excluding hydrogens is 495 g/mol. The SMILES string of the molecule is Cc1ccc(NC(=O)c2ccc(N3CCCNS3(=O)=O)cc2F)cc1NC(=O)c1cccc(Cl)c1. The van der Waals surface area contributed by atoms with Gasteiger partial charge in [0.2, 0.25) is 0 Å². The average molecular weight is 517 g/mol. The molecule has 0 bridgehead atoms. The number of hydrogen-bond acceptors (Lipinski definition) is 4. The lowest BCUT2D eigenvalue weighted by atomic mass is 10.1. The summed E-state index contributed by atoms with van der Waals surface area (Å²) in [7, 11) is -3.74. The van der Waals surface area contributed by atoms with Gasteiger partial charge in [0.25, 0.3) is 11.8 Å². The Morgan fingerprint density at radius 3 is 2.54 bits per heavy atom. The molecule has 1 fully saturated rings. The normalized spacial score (nSPS) is 14.9. The number of rotatable bonds is 5. The number of halogens is 2. The molecule has 1 aliphatic heterocycles. The zero-order valence-electron chi connectivity index (χ0n) is 18.6. The summed E-state index contributed by atoms with van der Waals surface area (Å²) in [5.74, 6) is -1.95. The lowest BCUT2D eigenvalue weighted by molar-refractivity contribution is 0.101. The number of carbonyl (C=O) groups is 2. The maximum atomic E-state index is 14.8. The molecule has 3 aromatic carbocycles. The molecule has 0 atom stereocenters. The number of hydrogen-bond donors (Lipinski definition) is 3. The molecule has 1 aliphatic rings. The van der Waals surface area contributed by atoms with Crippen LogP contribution in [0, 0.1) is 12.7 Å². The van der Waals surface area contributed by atoms with Gasteiger partial charge in [0, 0.05) is 35.1 Å². The van der Waals surface area contributed by atoms with Gasteiger partial charge in [0.05, 0.1) is 11.3 Å². The first-order valence-corrected chi connectivity index (χ1v) is 12.5. The molecule has 0 aromatic heterocycles. The Labute approximate surface area is 207 Å². The summed E-state index contributed by atoms with van der Waals surface area (Å²) in [5, 5.41) is 5.82. The van der Waals surface area contributed by atoms with Crippen molar-refractivity contribution in [3.8, 4) is 0 Å². The summed E-state index contributed by atoms with van der Waals surface area (Å²) in [4.78, 5) is 25.3. The van der Waals surface area contributed by atoms with E-state index in [-0.39, 0.29) is 23.7 Å². The molecule has 8 nitrogen and oxygen atoms in total. The predicted octanol–water partition coefficient (Wildman–Crippen LogP) is 4.34. The molecule has 0 saturated carbocycles. The summed E-state index contributed by atoms with van der Waals surface area (Å²) >= 11 is 5.95. The quantitative estimate of drug-likeness (QED) is 0.469. The summed E-state index contributed by atoms with van der Waals surface area (Å²) in [6, 6.07) is 15.0. The molecule has 0 aliphatic carbocycles. The van der Waals surface area contributed by atoms with Crippen molar-refractivity contribution in [3.05, 3.63) is 88.2 Å². The van der Waals surface area contributed by atoms with Crippen molar-refractivity contribution in [2.45, 2.75) is 13.3 Å². The van der Waals surface area contributed by atoms with Gasteiger partial charge in [0.1, 0.15) is 5.82 Å². The van der Waals surface area contributed by atoms with E-state index in [1.54, 1.807) is 43.3 Å². The van der Waals surface area contributed by atoms with E-state index in [0.717, 1.165) is 15.9 Å². The Kier molecular flexibility index (Phi) is 7.06. The smallest absolute Gasteiger partial charge is 0.301 e. The van der Waals surface area contributed by atoms with Gasteiger partial charge in [0.15, 0.2) is 0 Å². The maximum absolute atomic E-state index is 14.8. The Morgan fingerprint density at radius 2 is 1.83 bits per heavy atom. The minimum atomic E-state index is -3.74. The van der Waals surface area contributed by atoms with Crippen molar-refractivity contribution < 1.29 is 22.4 Å². The van der Waals surface area contributed by atoms with Gasteiger partial charge in [-0.3, -0.25) is 13.9 Å². The van der Waals surface area contributed by atoms with Gasteiger partial charge >= 0.3 is 10.2 Å². The minimum absolute atomic E-state index is 0.132. The number of anilines is 3. The van der Waals surface area contributed by atoms with E-state index in [0.29, 0.717) is 34.9 Å². The highest BCUT2D eigenvalue weighted by molar-refractivity contribution is 7.90. The Balaban J connectivity index is 1.50. The Bertz CT molecular complexity index is 1410. The number of amides is 2. The van der Waals surface area contributed by atoms with Gasteiger partial charge in [-0.2, -0.15) is 13.1 Å². The monoisotopic (exact) mass is 516 g/mol. The molecule has 0 radical (unpaired) electrons. The molecule has 3 aromatic rings. The van der Waals surface area contributed by atoms with Crippen molar-refractivity contribution in [3.63, 3.8) is 0 Å². The van der Waals surface area contributed by atoms with Crippen molar-refractivity contribution in [1.82, 2.24) is 4.72 Å². The van der Waals surface area contributed by atoms with Gasteiger partial charge < -0.3 is 10.6 Å². The van der Waals surface area contributed by atoms with Crippen LogP contribution < -0.4 is 19.7 Å². The van der Waals surface area contributed by atoms with Gasteiger partial charge in [-0.1, -0.05) is 23.7 Å². The van der Waals surface area contributed by atoms with E-state index >= 15 is 0 Å². The highest BCUT2D eigenvalue weighted by atomic mass is 35.5. The fourth-order valence-electron chi connectivity index (χ4n) is 3.59. The van der Waals surface area contributed by atoms with Crippen LogP contribution in [0.4, 0.5) is 21.5 Å². The first kappa shape index (κ1) is 24.6. The highest BCUT2D eigenvalue weighted by Gasteiger charge is 2.26. The van der Waals surface area contributed by atoms with E-state index in [4.69, 9.17) is 11.6 Å². The Hall–Kier alpha value is -3.47. The van der Waals surface area contributed by atoms with Gasteiger partial charge in [-0.05, 0) is 67.4 Å². The van der Waals surface area contributed by atoms with Crippen LogP contribution in [0.15, 0.2) is 60.7 Å². The van der Waals surface area contributed by atoms with Crippen LogP contribution in [0.5, 0.6) is 0 Å². The summed E-state index contributed by atoms with van der Waals surface area (Å²) < 4.78 is 42.6. The van der Waals surface area contributed by atoms with Crippen molar-refractivity contribution in [2.75, 3.05) is 28.0 Å². The Morgan fingerprint density at radius 1 is 1.03 bits per heavy atom. The van der Waals surface area contributed by atoms with Crippen LogP contribution in [0.3, 0.4) is 0 Å². The molecule has 1 saturated heterocycles. The van der Waals surface area contributed by atoms with E-state index in [1.807, 2.05) is 0 Å². The number of nitrogens with zero attached hydrogens (tertiary/aromatic N) is 1. The van der Waals surface area contributed by atoms with Gasteiger partial charge in [-0.15, -0.1) is 0 Å².